The van der Waals surface area contributed by atoms with Gasteiger partial charge in [0.15, 0.2) is 0 Å². The highest BCUT2D eigenvalue weighted by Gasteiger charge is 2.26. The molecular formula is C11H8BrFN4O2S. The van der Waals surface area contributed by atoms with Crippen LogP contribution in [0.15, 0.2) is 34.2 Å². The molecule has 20 heavy (non-hydrogen) atoms. The molecule has 3 aromatic rings. The van der Waals surface area contributed by atoms with Crippen molar-refractivity contribution < 1.29 is 12.8 Å². The van der Waals surface area contributed by atoms with Gasteiger partial charge in [-0.05, 0) is 41.1 Å². The van der Waals surface area contributed by atoms with E-state index in [-0.39, 0.29) is 10.7 Å². The first kappa shape index (κ1) is 13.3. The quantitative estimate of drug-likeness (QED) is 0.761. The molecule has 0 spiro atoms. The first-order valence-corrected chi connectivity index (χ1v) is 7.73. The number of halogens is 2. The van der Waals surface area contributed by atoms with E-state index in [1.807, 2.05) is 0 Å². The van der Waals surface area contributed by atoms with Crippen molar-refractivity contribution in [2.45, 2.75) is 12.1 Å². The van der Waals surface area contributed by atoms with E-state index in [0.717, 1.165) is 10.3 Å². The summed E-state index contributed by atoms with van der Waals surface area (Å²) in [4.78, 5) is 3.66. The monoisotopic (exact) mass is 358 g/mol. The van der Waals surface area contributed by atoms with Crippen LogP contribution >= 0.6 is 15.9 Å². The second-order valence-corrected chi connectivity index (χ2v) is 6.62. The van der Waals surface area contributed by atoms with Crippen LogP contribution in [-0.2, 0) is 10.0 Å². The van der Waals surface area contributed by atoms with Crippen molar-refractivity contribution in [3.05, 3.63) is 40.5 Å². The Morgan fingerprint density at radius 3 is 2.80 bits per heavy atom. The molecule has 0 aliphatic heterocycles. The van der Waals surface area contributed by atoms with E-state index >= 15 is 0 Å². The number of hydrogen-bond acceptors (Lipinski definition) is 4. The average Bonchev–Trinajstić information content (AvgIpc) is 2.99. The van der Waals surface area contributed by atoms with Gasteiger partial charge in [-0.1, -0.05) is 0 Å². The molecule has 1 N–H and O–H groups in total. The number of nitrogens with zero attached hydrogens (tertiary/aromatic N) is 3. The highest BCUT2D eigenvalue weighted by molar-refractivity contribution is 9.10. The second-order valence-electron chi connectivity index (χ2n) is 4.12. The Labute approximate surface area is 121 Å². The fraction of sp³-hybridized carbons (Fsp3) is 0.0909. The number of aromatic nitrogens is 4. The minimum absolute atomic E-state index is 0.241. The van der Waals surface area contributed by atoms with Crippen LogP contribution in [0, 0.1) is 12.7 Å². The first-order valence-electron chi connectivity index (χ1n) is 5.50. The van der Waals surface area contributed by atoms with Gasteiger partial charge in [0.1, 0.15) is 12.1 Å². The molecule has 0 aliphatic rings. The summed E-state index contributed by atoms with van der Waals surface area (Å²) in [7, 11) is -3.96. The number of nitrogens with one attached hydrogen (secondary N) is 1. The fourth-order valence-electron chi connectivity index (χ4n) is 2.04. The topological polar surface area (TPSA) is 80.6 Å². The molecule has 1 aromatic carbocycles. The van der Waals surface area contributed by atoms with Crippen molar-refractivity contribution in [2.24, 2.45) is 0 Å². The maximum absolute atomic E-state index is 13.4. The second kappa shape index (κ2) is 4.38. The summed E-state index contributed by atoms with van der Waals surface area (Å²) in [5.74, 6) is -0.517. The van der Waals surface area contributed by atoms with Gasteiger partial charge in [-0.3, -0.25) is 0 Å². The van der Waals surface area contributed by atoms with Crippen LogP contribution in [0.3, 0.4) is 0 Å². The van der Waals surface area contributed by atoms with Gasteiger partial charge in [0.05, 0.1) is 5.52 Å². The molecule has 104 valence electrons. The number of H-pyrrole nitrogens is 1. The lowest BCUT2D eigenvalue weighted by Gasteiger charge is -2.06. The Kier molecular flexibility index (Phi) is 2.91. The summed E-state index contributed by atoms with van der Waals surface area (Å²) in [5.41, 5.74) is 0.674. The zero-order valence-electron chi connectivity index (χ0n) is 10.1. The fourth-order valence-corrected chi connectivity index (χ4v) is 4.05. The molecule has 0 amide bonds. The number of fused-ring (bicyclic) bond motifs is 1. The lowest BCUT2D eigenvalue weighted by Crippen LogP contribution is -2.16. The molecule has 0 aliphatic carbocycles. The zero-order valence-corrected chi connectivity index (χ0v) is 12.5. The third-order valence-corrected chi connectivity index (χ3v) is 5.55. The standard InChI is InChI=1S/C11H8BrFN4O2S/c1-6-10(12)8-3-2-7(13)4-9(8)17(6)20(18,19)11-14-5-15-16-11/h2-5H,1H3,(H,14,15,16). The van der Waals surface area contributed by atoms with Gasteiger partial charge >= 0.3 is 10.0 Å². The van der Waals surface area contributed by atoms with Crippen molar-refractivity contribution in [3.63, 3.8) is 0 Å². The smallest absolute Gasteiger partial charge is 0.248 e. The molecule has 9 heteroatoms. The van der Waals surface area contributed by atoms with E-state index in [4.69, 9.17) is 0 Å². The molecule has 0 radical (unpaired) electrons. The Morgan fingerprint density at radius 1 is 1.40 bits per heavy atom. The largest absolute Gasteiger partial charge is 0.303 e. The van der Waals surface area contributed by atoms with Crippen LogP contribution in [0.2, 0.25) is 0 Å². The minimum Gasteiger partial charge on any atom is -0.248 e. The number of rotatable bonds is 2. The van der Waals surface area contributed by atoms with Gasteiger partial charge in [0, 0.05) is 15.6 Å². The molecule has 0 atom stereocenters. The Balaban J connectivity index is 2.43. The van der Waals surface area contributed by atoms with Gasteiger partial charge in [-0.15, -0.1) is 0 Å². The van der Waals surface area contributed by atoms with Gasteiger partial charge in [-0.25, -0.2) is 18.4 Å². The normalized spacial score (nSPS) is 12.2. The van der Waals surface area contributed by atoms with Crippen LogP contribution in [0.25, 0.3) is 10.9 Å². The third-order valence-electron chi connectivity index (χ3n) is 2.91. The van der Waals surface area contributed by atoms with Gasteiger partial charge < -0.3 is 0 Å². The molecular weight excluding hydrogens is 351 g/mol. The highest BCUT2D eigenvalue weighted by Crippen LogP contribution is 2.33. The van der Waals surface area contributed by atoms with E-state index in [1.54, 1.807) is 6.92 Å². The Bertz CT molecular complexity index is 902. The van der Waals surface area contributed by atoms with Gasteiger partial charge in [0.2, 0.25) is 0 Å². The summed E-state index contributed by atoms with van der Waals surface area (Å²) < 4.78 is 40.1. The van der Waals surface area contributed by atoms with Crippen molar-refractivity contribution >= 4 is 36.9 Å². The number of aromatic amines is 1. The van der Waals surface area contributed by atoms with E-state index in [2.05, 4.69) is 31.1 Å². The van der Waals surface area contributed by atoms with Gasteiger partial charge in [-0.2, -0.15) is 13.5 Å². The molecule has 3 rings (SSSR count). The summed E-state index contributed by atoms with van der Waals surface area (Å²) in [5, 5.41) is 6.15. The Hall–Kier alpha value is -1.74. The summed E-state index contributed by atoms with van der Waals surface area (Å²) >= 11 is 3.33. The highest BCUT2D eigenvalue weighted by atomic mass is 79.9. The van der Waals surface area contributed by atoms with Crippen LogP contribution in [0.5, 0.6) is 0 Å². The number of hydrogen-bond donors (Lipinski definition) is 1. The van der Waals surface area contributed by atoms with Crippen LogP contribution in [0.4, 0.5) is 4.39 Å². The SMILES string of the molecule is Cc1c(Br)c2ccc(F)cc2n1S(=O)(=O)c1ncn[nH]1. The maximum atomic E-state index is 13.4. The molecule has 2 heterocycles. The van der Waals surface area contributed by atoms with Crippen molar-refractivity contribution in [1.82, 2.24) is 19.2 Å². The maximum Gasteiger partial charge on any atom is 0.303 e. The van der Waals surface area contributed by atoms with Crippen LogP contribution in [0.1, 0.15) is 5.69 Å². The summed E-state index contributed by atoms with van der Waals surface area (Å²) in [6.07, 6.45) is 1.10. The van der Waals surface area contributed by atoms with Gasteiger partial charge in [0.25, 0.3) is 5.16 Å². The van der Waals surface area contributed by atoms with Crippen molar-refractivity contribution in [3.8, 4) is 0 Å². The van der Waals surface area contributed by atoms with Crippen molar-refractivity contribution in [2.75, 3.05) is 0 Å². The first-order chi connectivity index (χ1) is 9.43. The minimum atomic E-state index is -3.96. The zero-order chi connectivity index (χ0) is 14.5. The molecule has 0 fully saturated rings. The van der Waals surface area contributed by atoms with E-state index in [0.29, 0.717) is 15.6 Å². The van der Waals surface area contributed by atoms with E-state index in [1.165, 1.54) is 18.2 Å². The van der Waals surface area contributed by atoms with E-state index < -0.39 is 15.8 Å². The predicted octanol–water partition coefficient (Wildman–Crippen LogP) is 2.21. The van der Waals surface area contributed by atoms with Crippen LogP contribution < -0.4 is 0 Å². The summed E-state index contributed by atoms with van der Waals surface area (Å²) in [6, 6.07) is 3.97. The van der Waals surface area contributed by atoms with E-state index in [9.17, 15) is 12.8 Å². The predicted molar refractivity (Wildman–Crippen MR) is 73.3 cm³/mol. The summed E-state index contributed by atoms with van der Waals surface area (Å²) in [6.45, 7) is 1.62. The molecule has 6 nitrogen and oxygen atoms in total. The molecule has 0 unspecified atom stereocenters. The molecule has 2 aromatic heterocycles. The van der Waals surface area contributed by atoms with Crippen LogP contribution in [-0.4, -0.2) is 27.6 Å². The molecule has 0 saturated heterocycles. The lowest BCUT2D eigenvalue weighted by atomic mass is 10.2. The molecule has 0 bridgehead atoms. The average molecular weight is 359 g/mol. The Morgan fingerprint density at radius 2 is 2.15 bits per heavy atom. The van der Waals surface area contributed by atoms with Crippen molar-refractivity contribution in [1.29, 1.82) is 0 Å². The number of benzene rings is 1. The molecule has 0 saturated carbocycles. The lowest BCUT2D eigenvalue weighted by molar-refractivity contribution is 0.579. The third kappa shape index (κ3) is 1.77.